The summed E-state index contributed by atoms with van der Waals surface area (Å²) in [5, 5.41) is 6.10. The number of amides is 1. The van der Waals surface area contributed by atoms with Gasteiger partial charge in [-0.3, -0.25) is 4.79 Å². The zero-order valence-electron chi connectivity index (χ0n) is 12.4. The molecule has 1 rings (SSSR count). The molecule has 0 aliphatic carbocycles. The van der Waals surface area contributed by atoms with Crippen molar-refractivity contribution in [1.29, 1.82) is 0 Å². The molecule has 0 saturated carbocycles. The van der Waals surface area contributed by atoms with Crippen molar-refractivity contribution in [2.45, 2.75) is 32.7 Å². The Morgan fingerprint density at radius 2 is 1.90 bits per heavy atom. The summed E-state index contributed by atoms with van der Waals surface area (Å²) in [6, 6.07) is 7.77. The molecule has 2 N–H and O–H groups in total. The summed E-state index contributed by atoms with van der Waals surface area (Å²) in [5.74, 6) is 0.909. The van der Waals surface area contributed by atoms with Crippen LogP contribution in [0.15, 0.2) is 24.3 Å². The van der Waals surface area contributed by atoms with Crippen LogP contribution in [-0.4, -0.2) is 32.1 Å². The molecule has 0 bridgehead atoms. The van der Waals surface area contributed by atoms with Gasteiger partial charge in [-0.15, -0.1) is 12.4 Å². The van der Waals surface area contributed by atoms with Gasteiger partial charge in [-0.05, 0) is 44.0 Å². The molecule has 0 aromatic heterocycles. The zero-order chi connectivity index (χ0) is 14.1. The third-order valence-electron chi connectivity index (χ3n) is 2.97. The van der Waals surface area contributed by atoms with E-state index in [0.717, 1.165) is 25.1 Å². The molecule has 1 amide bonds. The van der Waals surface area contributed by atoms with E-state index in [2.05, 4.69) is 17.6 Å². The van der Waals surface area contributed by atoms with Crippen LogP contribution in [0, 0.1) is 0 Å². The average molecular weight is 301 g/mol. The number of nitrogens with one attached hydrogen (secondary N) is 2. The minimum atomic E-state index is -0.129. The van der Waals surface area contributed by atoms with E-state index in [1.165, 1.54) is 5.56 Å². The molecule has 5 heteroatoms. The molecule has 20 heavy (non-hydrogen) atoms. The van der Waals surface area contributed by atoms with Gasteiger partial charge < -0.3 is 15.4 Å². The first-order chi connectivity index (χ1) is 9.17. The fourth-order valence-corrected chi connectivity index (χ4v) is 1.73. The van der Waals surface area contributed by atoms with Crippen LogP contribution in [0.1, 0.15) is 25.8 Å². The predicted octanol–water partition coefficient (Wildman–Crippen LogP) is 2.16. The van der Waals surface area contributed by atoms with Gasteiger partial charge in [-0.25, -0.2) is 0 Å². The highest BCUT2D eigenvalue weighted by molar-refractivity contribution is 5.85. The zero-order valence-corrected chi connectivity index (χ0v) is 13.3. The Kier molecular flexibility index (Phi) is 9.86. The molecule has 114 valence electrons. The van der Waals surface area contributed by atoms with E-state index in [-0.39, 0.29) is 24.4 Å². The smallest absolute Gasteiger partial charge is 0.236 e. The minimum Gasteiger partial charge on any atom is -0.497 e. The second-order valence-electron chi connectivity index (χ2n) is 4.56. The Morgan fingerprint density at radius 3 is 2.45 bits per heavy atom. The molecule has 0 aliphatic rings. The molecule has 0 heterocycles. The Bertz CT molecular complexity index is 382. The van der Waals surface area contributed by atoms with E-state index in [0.29, 0.717) is 6.54 Å². The van der Waals surface area contributed by atoms with Gasteiger partial charge in [0, 0.05) is 6.54 Å². The van der Waals surface area contributed by atoms with E-state index in [9.17, 15) is 4.79 Å². The topological polar surface area (TPSA) is 50.4 Å². The Hall–Kier alpha value is -1.26. The van der Waals surface area contributed by atoms with Crippen LogP contribution in [0.4, 0.5) is 0 Å². The Balaban J connectivity index is 0.00000361. The summed E-state index contributed by atoms with van der Waals surface area (Å²) in [6.45, 7) is 5.50. The number of methoxy groups -OCH3 is 1. The maximum Gasteiger partial charge on any atom is 0.236 e. The molecular weight excluding hydrogens is 276 g/mol. The highest BCUT2D eigenvalue weighted by atomic mass is 35.5. The van der Waals surface area contributed by atoms with E-state index in [4.69, 9.17) is 4.74 Å². The average Bonchev–Trinajstić information content (AvgIpc) is 2.45. The van der Waals surface area contributed by atoms with Crippen molar-refractivity contribution in [3.63, 3.8) is 0 Å². The summed E-state index contributed by atoms with van der Waals surface area (Å²) >= 11 is 0. The maximum absolute atomic E-state index is 11.7. The predicted molar refractivity (Wildman–Crippen MR) is 84.7 cm³/mol. The van der Waals surface area contributed by atoms with Crippen LogP contribution < -0.4 is 15.4 Å². The van der Waals surface area contributed by atoms with Crippen molar-refractivity contribution >= 4 is 18.3 Å². The lowest BCUT2D eigenvalue weighted by Gasteiger charge is -2.13. The number of halogens is 1. The monoisotopic (exact) mass is 300 g/mol. The maximum atomic E-state index is 11.7. The molecule has 1 aromatic carbocycles. The van der Waals surface area contributed by atoms with Gasteiger partial charge in [0.05, 0.1) is 13.2 Å². The second-order valence-corrected chi connectivity index (χ2v) is 4.56. The van der Waals surface area contributed by atoms with Gasteiger partial charge in [-0.2, -0.15) is 0 Å². The SMILES string of the molecule is CCCNC(C)C(=O)NCCc1ccc(OC)cc1.Cl. The lowest BCUT2D eigenvalue weighted by molar-refractivity contribution is -0.122. The third-order valence-corrected chi connectivity index (χ3v) is 2.97. The molecule has 1 aromatic rings. The van der Waals surface area contributed by atoms with Crippen LogP contribution in [0.5, 0.6) is 5.75 Å². The molecule has 0 fully saturated rings. The lowest BCUT2D eigenvalue weighted by Crippen LogP contribution is -2.43. The summed E-state index contributed by atoms with van der Waals surface area (Å²) < 4.78 is 5.10. The standard InChI is InChI=1S/C15H24N2O2.ClH/c1-4-10-16-12(2)15(18)17-11-9-13-5-7-14(19-3)8-6-13;/h5-8,12,16H,4,9-11H2,1-3H3,(H,17,18);1H. The third kappa shape index (κ3) is 6.78. The van der Waals surface area contributed by atoms with Gasteiger partial charge >= 0.3 is 0 Å². The van der Waals surface area contributed by atoms with Crippen LogP contribution in [0.2, 0.25) is 0 Å². The van der Waals surface area contributed by atoms with Gasteiger partial charge in [0.2, 0.25) is 5.91 Å². The number of carbonyl (C=O) groups is 1. The summed E-state index contributed by atoms with van der Waals surface area (Å²) in [7, 11) is 1.65. The van der Waals surface area contributed by atoms with Gasteiger partial charge in [0.1, 0.15) is 5.75 Å². The number of ether oxygens (including phenoxy) is 1. The van der Waals surface area contributed by atoms with Crippen molar-refractivity contribution in [1.82, 2.24) is 10.6 Å². The molecule has 4 nitrogen and oxygen atoms in total. The molecular formula is C15H25ClN2O2. The van der Waals surface area contributed by atoms with Crippen LogP contribution in [-0.2, 0) is 11.2 Å². The molecule has 0 spiro atoms. The highest BCUT2D eigenvalue weighted by Gasteiger charge is 2.10. The first-order valence-corrected chi connectivity index (χ1v) is 6.81. The molecule has 0 saturated heterocycles. The quantitative estimate of drug-likeness (QED) is 0.773. The molecule has 1 unspecified atom stereocenters. The van der Waals surface area contributed by atoms with E-state index >= 15 is 0 Å². The lowest BCUT2D eigenvalue weighted by atomic mass is 10.1. The number of benzene rings is 1. The van der Waals surface area contributed by atoms with Crippen LogP contribution >= 0.6 is 12.4 Å². The molecule has 0 radical (unpaired) electrons. The highest BCUT2D eigenvalue weighted by Crippen LogP contribution is 2.11. The Morgan fingerprint density at radius 1 is 1.25 bits per heavy atom. The van der Waals surface area contributed by atoms with Crippen molar-refractivity contribution in [2.24, 2.45) is 0 Å². The normalized spacial score (nSPS) is 11.3. The minimum absolute atomic E-state index is 0. The fourth-order valence-electron chi connectivity index (χ4n) is 1.73. The largest absolute Gasteiger partial charge is 0.497 e. The van der Waals surface area contributed by atoms with Crippen molar-refractivity contribution in [3.8, 4) is 5.75 Å². The molecule has 0 aliphatic heterocycles. The Labute approximate surface area is 127 Å². The summed E-state index contributed by atoms with van der Waals surface area (Å²) in [5.41, 5.74) is 1.19. The van der Waals surface area contributed by atoms with Crippen LogP contribution in [0.3, 0.4) is 0 Å². The summed E-state index contributed by atoms with van der Waals surface area (Å²) in [6.07, 6.45) is 1.86. The first kappa shape index (κ1) is 18.7. The summed E-state index contributed by atoms with van der Waals surface area (Å²) in [4.78, 5) is 11.7. The van der Waals surface area contributed by atoms with Gasteiger partial charge in [-0.1, -0.05) is 19.1 Å². The molecule has 1 atom stereocenters. The van der Waals surface area contributed by atoms with Crippen molar-refractivity contribution < 1.29 is 9.53 Å². The van der Waals surface area contributed by atoms with E-state index in [1.807, 2.05) is 31.2 Å². The van der Waals surface area contributed by atoms with E-state index in [1.54, 1.807) is 7.11 Å². The second kappa shape index (κ2) is 10.5. The van der Waals surface area contributed by atoms with Gasteiger partial charge in [0.25, 0.3) is 0 Å². The van der Waals surface area contributed by atoms with Crippen LogP contribution in [0.25, 0.3) is 0 Å². The van der Waals surface area contributed by atoms with Gasteiger partial charge in [0.15, 0.2) is 0 Å². The van der Waals surface area contributed by atoms with Crippen molar-refractivity contribution in [2.75, 3.05) is 20.2 Å². The first-order valence-electron chi connectivity index (χ1n) is 6.81. The number of hydrogen-bond acceptors (Lipinski definition) is 3. The fraction of sp³-hybridized carbons (Fsp3) is 0.533. The number of carbonyl (C=O) groups excluding carboxylic acids is 1. The number of hydrogen-bond donors (Lipinski definition) is 2. The number of rotatable bonds is 8. The van der Waals surface area contributed by atoms with Crippen molar-refractivity contribution in [3.05, 3.63) is 29.8 Å². The van der Waals surface area contributed by atoms with E-state index < -0.39 is 0 Å².